The molecule has 1 rings (SSSR count). The zero-order chi connectivity index (χ0) is 15.7. The van der Waals surface area contributed by atoms with Crippen LogP contribution in [0.25, 0.3) is 0 Å². The van der Waals surface area contributed by atoms with Gasteiger partial charge in [-0.15, -0.1) is 0 Å². The fourth-order valence-corrected chi connectivity index (χ4v) is 1.64. The van der Waals surface area contributed by atoms with Crippen LogP contribution in [0.15, 0.2) is 24.3 Å². The van der Waals surface area contributed by atoms with Crippen molar-refractivity contribution in [3.63, 3.8) is 0 Å². The number of nitrogens with one attached hydrogen (secondary N) is 1. The van der Waals surface area contributed by atoms with Gasteiger partial charge in [-0.1, -0.05) is 19.9 Å². The van der Waals surface area contributed by atoms with Crippen LogP contribution in [0.2, 0.25) is 0 Å². The molecule has 21 heavy (non-hydrogen) atoms. The Morgan fingerprint density at radius 3 is 2.90 bits per heavy atom. The van der Waals surface area contributed by atoms with Gasteiger partial charge in [0.2, 0.25) is 5.91 Å². The first-order chi connectivity index (χ1) is 10.0. The molecule has 0 saturated heterocycles. The molecule has 0 aliphatic rings. The molecule has 0 bridgehead atoms. The Bertz CT molecular complexity index is 495. The summed E-state index contributed by atoms with van der Waals surface area (Å²) in [5.74, 6) is 0.471. The van der Waals surface area contributed by atoms with Gasteiger partial charge in [-0.25, -0.2) is 0 Å². The molecular weight excluding hydrogens is 268 g/mol. The number of benzene rings is 1. The molecule has 5 heteroatoms. The van der Waals surface area contributed by atoms with Gasteiger partial charge in [0.25, 0.3) is 0 Å². The summed E-state index contributed by atoms with van der Waals surface area (Å²) < 4.78 is 5.50. The molecule has 2 N–H and O–H groups in total. The minimum Gasteiger partial charge on any atom is -0.493 e. The summed E-state index contributed by atoms with van der Waals surface area (Å²) in [6.45, 7) is 4.21. The fourth-order valence-electron chi connectivity index (χ4n) is 1.64. The molecular formula is C16H22N2O3. The average Bonchev–Trinajstić information content (AvgIpc) is 2.43. The normalized spacial score (nSPS) is 11.8. The molecule has 0 aliphatic carbocycles. The van der Waals surface area contributed by atoms with Gasteiger partial charge >= 0.3 is 0 Å². The largest absolute Gasteiger partial charge is 0.493 e. The Kier molecular flexibility index (Phi) is 7.27. The molecule has 0 heterocycles. The van der Waals surface area contributed by atoms with Crippen molar-refractivity contribution >= 4 is 11.6 Å². The number of carbonyl (C=O) groups excluding carboxylic acids is 1. The van der Waals surface area contributed by atoms with Crippen LogP contribution >= 0.6 is 0 Å². The van der Waals surface area contributed by atoms with Crippen molar-refractivity contribution in [1.29, 1.82) is 5.26 Å². The second-order valence-electron chi connectivity index (χ2n) is 5.20. The molecule has 1 amide bonds. The van der Waals surface area contributed by atoms with Gasteiger partial charge in [-0.2, -0.15) is 5.26 Å². The zero-order valence-corrected chi connectivity index (χ0v) is 12.5. The van der Waals surface area contributed by atoms with Crippen LogP contribution in [0.3, 0.4) is 0 Å². The van der Waals surface area contributed by atoms with Crippen LogP contribution in [-0.2, 0) is 4.79 Å². The lowest BCUT2D eigenvalue weighted by molar-refractivity contribution is -0.118. The summed E-state index contributed by atoms with van der Waals surface area (Å²) in [4.78, 5) is 11.8. The molecule has 1 atom stereocenters. The lowest BCUT2D eigenvalue weighted by Crippen LogP contribution is -2.23. The third-order valence-corrected chi connectivity index (χ3v) is 2.98. The number of hydrogen-bond acceptors (Lipinski definition) is 4. The van der Waals surface area contributed by atoms with E-state index >= 15 is 0 Å². The predicted octanol–water partition coefficient (Wildman–Crippen LogP) is 2.71. The van der Waals surface area contributed by atoms with Crippen molar-refractivity contribution in [3.05, 3.63) is 24.3 Å². The Morgan fingerprint density at radius 2 is 2.24 bits per heavy atom. The maximum atomic E-state index is 11.8. The highest BCUT2D eigenvalue weighted by atomic mass is 16.5. The monoisotopic (exact) mass is 290 g/mol. The van der Waals surface area contributed by atoms with E-state index < -0.39 is 6.10 Å². The van der Waals surface area contributed by atoms with Gasteiger partial charge in [0.05, 0.1) is 25.2 Å². The van der Waals surface area contributed by atoms with Crippen molar-refractivity contribution in [3.8, 4) is 11.8 Å². The molecule has 0 saturated carbocycles. The van der Waals surface area contributed by atoms with Gasteiger partial charge in [0.1, 0.15) is 5.75 Å². The van der Waals surface area contributed by atoms with Crippen molar-refractivity contribution in [2.24, 2.45) is 5.92 Å². The standard InChI is InChI=1S/C16H22N2O3/c1-12(2)15(19)11-16(20)18-13-6-5-7-14(10-13)21-9-4-3-8-17/h5-7,10,12,15,19H,3-4,9,11H2,1-2H3,(H,18,20). The number of amides is 1. The van der Waals surface area contributed by atoms with Gasteiger partial charge in [-0.3, -0.25) is 4.79 Å². The Hall–Kier alpha value is -2.06. The van der Waals surface area contributed by atoms with E-state index in [-0.39, 0.29) is 18.2 Å². The minimum absolute atomic E-state index is 0.0468. The number of ether oxygens (including phenoxy) is 1. The molecule has 0 fully saturated rings. The smallest absolute Gasteiger partial charge is 0.226 e. The maximum Gasteiger partial charge on any atom is 0.226 e. The first kappa shape index (κ1) is 17.0. The first-order valence-corrected chi connectivity index (χ1v) is 7.10. The second kappa shape index (κ2) is 8.98. The quantitative estimate of drug-likeness (QED) is 0.721. The summed E-state index contributed by atoms with van der Waals surface area (Å²) in [6, 6.07) is 9.13. The number of hydrogen-bond donors (Lipinski definition) is 2. The highest BCUT2D eigenvalue weighted by molar-refractivity contribution is 5.91. The number of nitriles is 1. The molecule has 0 radical (unpaired) electrons. The first-order valence-electron chi connectivity index (χ1n) is 7.10. The Labute approximate surface area is 125 Å². The van der Waals surface area contributed by atoms with E-state index in [1.54, 1.807) is 24.3 Å². The summed E-state index contributed by atoms with van der Waals surface area (Å²) in [5, 5.41) is 20.9. The molecule has 5 nitrogen and oxygen atoms in total. The maximum absolute atomic E-state index is 11.8. The van der Waals surface area contributed by atoms with E-state index in [0.29, 0.717) is 30.9 Å². The van der Waals surface area contributed by atoms with Crippen LogP contribution in [-0.4, -0.2) is 23.7 Å². The molecule has 0 aliphatic heterocycles. The van der Waals surface area contributed by atoms with Crippen molar-refractivity contribution in [2.75, 3.05) is 11.9 Å². The predicted molar refractivity (Wildman–Crippen MR) is 80.9 cm³/mol. The summed E-state index contributed by atoms with van der Waals surface area (Å²) in [7, 11) is 0. The van der Waals surface area contributed by atoms with Crippen LogP contribution in [0.5, 0.6) is 5.75 Å². The molecule has 1 unspecified atom stereocenters. The van der Waals surface area contributed by atoms with Crippen LogP contribution in [0, 0.1) is 17.2 Å². The third kappa shape index (κ3) is 6.77. The van der Waals surface area contributed by atoms with Crippen molar-refractivity contribution in [1.82, 2.24) is 0 Å². The number of unbranched alkanes of at least 4 members (excludes halogenated alkanes) is 1. The van der Waals surface area contributed by atoms with E-state index in [4.69, 9.17) is 10.00 Å². The van der Waals surface area contributed by atoms with E-state index in [2.05, 4.69) is 11.4 Å². The van der Waals surface area contributed by atoms with E-state index in [1.165, 1.54) is 0 Å². The van der Waals surface area contributed by atoms with Gasteiger partial charge in [0.15, 0.2) is 0 Å². The lowest BCUT2D eigenvalue weighted by atomic mass is 10.0. The summed E-state index contributed by atoms with van der Waals surface area (Å²) >= 11 is 0. The number of rotatable bonds is 8. The van der Waals surface area contributed by atoms with E-state index in [1.807, 2.05) is 13.8 Å². The molecule has 1 aromatic carbocycles. The highest BCUT2D eigenvalue weighted by Gasteiger charge is 2.14. The summed E-state index contributed by atoms with van der Waals surface area (Å²) in [5.41, 5.74) is 0.633. The molecule has 0 aromatic heterocycles. The SMILES string of the molecule is CC(C)C(O)CC(=O)Nc1cccc(OCCCC#N)c1. The van der Waals surface area contributed by atoms with Crippen LogP contribution < -0.4 is 10.1 Å². The van der Waals surface area contributed by atoms with Gasteiger partial charge in [-0.05, 0) is 24.5 Å². The Morgan fingerprint density at radius 1 is 1.48 bits per heavy atom. The zero-order valence-electron chi connectivity index (χ0n) is 12.5. The minimum atomic E-state index is -0.643. The Balaban J connectivity index is 2.48. The molecule has 0 spiro atoms. The number of aliphatic hydroxyl groups excluding tert-OH is 1. The number of aliphatic hydroxyl groups is 1. The number of carbonyl (C=O) groups is 1. The third-order valence-electron chi connectivity index (χ3n) is 2.98. The lowest BCUT2D eigenvalue weighted by Gasteiger charge is -2.14. The van der Waals surface area contributed by atoms with Crippen LogP contribution in [0.4, 0.5) is 5.69 Å². The molecule has 114 valence electrons. The van der Waals surface area contributed by atoms with Crippen molar-refractivity contribution < 1.29 is 14.6 Å². The van der Waals surface area contributed by atoms with Crippen LogP contribution in [0.1, 0.15) is 33.1 Å². The summed E-state index contributed by atoms with van der Waals surface area (Å²) in [6.07, 6.45) is 0.567. The van der Waals surface area contributed by atoms with E-state index in [0.717, 1.165) is 0 Å². The van der Waals surface area contributed by atoms with E-state index in [9.17, 15) is 9.90 Å². The highest BCUT2D eigenvalue weighted by Crippen LogP contribution is 2.18. The second-order valence-corrected chi connectivity index (χ2v) is 5.20. The van der Waals surface area contributed by atoms with Crippen molar-refractivity contribution in [2.45, 2.75) is 39.2 Å². The number of anilines is 1. The number of nitrogens with zero attached hydrogens (tertiary/aromatic N) is 1. The fraction of sp³-hybridized carbons (Fsp3) is 0.500. The van der Waals surface area contributed by atoms with Gasteiger partial charge < -0.3 is 15.2 Å². The topological polar surface area (TPSA) is 82.3 Å². The average molecular weight is 290 g/mol. The van der Waals surface area contributed by atoms with Gasteiger partial charge in [0, 0.05) is 18.2 Å². The molecule has 1 aromatic rings.